The quantitative estimate of drug-likeness (QED) is 0.837. The van der Waals surface area contributed by atoms with Gasteiger partial charge in [0.05, 0.1) is 0 Å². The van der Waals surface area contributed by atoms with Gasteiger partial charge in [0.15, 0.2) is 5.60 Å². The van der Waals surface area contributed by atoms with Gasteiger partial charge >= 0.3 is 0 Å². The van der Waals surface area contributed by atoms with Crippen molar-refractivity contribution in [1.29, 1.82) is 0 Å². The summed E-state index contributed by atoms with van der Waals surface area (Å²) in [7, 11) is 1.82. The molecular formula is C18H25ClN2O3. The Morgan fingerprint density at radius 2 is 1.75 bits per heavy atom. The van der Waals surface area contributed by atoms with Crippen LogP contribution < -0.4 is 4.74 Å². The topological polar surface area (TPSA) is 49.9 Å². The van der Waals surface area contributed by atoms with E-state index in [1.807, 2.05) is 11.9 Å². The van der Waals surface area contributed by atoms with Gasteiger partial charge in [-0.2, -0.15) is 0 Å². The van der Waals surface area contributed by atoms with E-state index in [2.05, 4.69) is 0 Å². The minimum Gasteiger partial charge on any atom is -0.478 e. The molecule has 0 spiro atoms. The molecule has 0 aliphatic carbocycles. The molecule has 1 aromatic rings. The van der Waals surface area contributed by atoms with Crippen LogP contribution in [0.4, 0.5) is 0 Å². The van der Waals surface area contributed by atoms with Crippen molar-refractivity contribution in [3.8, 4) is 5.75 Å². The van der Waals surface area contributed by atoms with Crippen LogP contribution in [0.25, 0.3) is 0 Å². The Balaban J connectivity index is 1.95. The Morgan fingerprint density at radius 3 is 2.25 bits per heavy atom. The lowest BCUT2D eigenvalue weighted by atomic mass is 10.0. The van der Waals surface area contributed by atoms with Crippen LogP contribution in [0.2, 0.25) is 5.02 Å². The molecular weight excluding hydrogens is 328 g/mol. The number of hydrogen-bond donors (Lipinski definition) is 0. The number of nitrogens with zero attached hydrogens (tertiary/aromatic N) is 2. The first kappa shape index (κ1) is 18.6. The highest BCUT2D eigenvalue weighted by molar-refractivity contribution is 6.30. The van der Waals surface area contributed by atoms with Crippen molar-refractivity contribution in [3.05, 3.63) is 29.3 Å². The highest BCUT2D eigenvalue weighted by Crippen LogP contribution is 2.24. The van der Waals surface area contributed by atoms with E-state index in [4.69, 9.17) is 16.3 Å². The van der Waals surface area contributed by atoms with Crippen LogP contribution in [0.1, 0.15) is 33.6 Å². The Hall–Kier alpha value is -1.75. The molecule has 1 saturated heterocycles. The standard InChI is InChI=1S/C18H25ClN2O3/c1-13(22)20(4)15-9-11-21(12-10-15)17(23)18(2,3)24-16-7-5-14(19)6-8-16/h5-8,15H,9-12H2,1-4H3. The van der Waals surface area contributed by atoms with Crippen molar-refractivity contribution in [2.24, 2.45) is 0 Å². The number of carbonyl (C=O) groups is 2. The molecule has 5 nitrogen and oxygen atoms in total. The number of benzene rings is 1. The first-order valence-electron chi connectivity index (χ1n) is 8.18. The average molecular weight is 353 g/mol. The summed E-state index contributed by atoms with van der Waals surface area (Å²) in [4.78, 5) is 27.8. The van der Waals surface area contributed by atoms with Gasteiger partial charge in [-0.3, -0.25) is 9.59 Å². The van der Waals surface area contributed by atoms with Crippen molar-refractivity contribution in [1.82, 2.24) is 9.80 Å². The zero-order valence-electron chi connectivity index (χ0n) is 14.7. The van der Waals surface area contributed by atoms with Crippen LogP contribution in [-0.2, 0) is 9.59 Å². The number of ether oxygens (including phenoxy) is 1. The molecule has 24 heavy (non-hydrogen) atoms. The third kappa shape index (κ3) is 4.41. The first-order chi connectivity index (χ1) is 11.2. The van der Waals surface area contributed by atoms with Crippen molar-refractivity contribution >= 4 is 23.4 Å². The molecule has 2 amide bonds. The summed E-state index contributed by atoms with van der Waals surface area (Å²) < 4.78 is 5.87. The molecule has 6 heteroatoms. The Morgan fingerprint density at radius 1 is 1.21 bits per heavy atom. The van der Waals surface area contributed by atoms with Crippen LogP contribution in [0.5, 0.6) is 5.75 Å². The van der Waals surface area contributed by atoms with Crippen LogP contribution in [-0.4, -0.2) is 53.4 Å². The van der Waals surface area contributed by atoms with Gasteiger partial charge in [-0.15, -0.1) is 0 Å². The van der Waals surface area contributed by atoms with Crippen LogP contribution >= 0.6 is 11.6 Å². The van der Waals surface area contributed by atoms with E-state index in [0.717, 1.165) is 12.8 Å². The molecule has 0 atom stereocenters. The lowest BCUT2D eigenvalue weighted by Crippen LogP contribution is -2.53. The van der Waals surface area contributed by atoms with Gasteiger partial charge in [-0.05, 0) is 51.0 Å². The van der Waals surface area contributed by atoms with E-state index in [1.54, 1.807) is 49.9 Å². The first-order valence-corrected chi connectivity index (χ1v) is 8.56. The maximum atomic E-state index is 12.8. The van der Waals surface area contributed by atoms with Crippen molar-refractivity contribution in [2.45, 2.75) is 45.3 Å². The van der Waals surface area contributed by atoms with Crippen LogP contribution in [0, 0.1) is 0 Å². The fraction of sp³-hybridized carbons (Fsp3) is 0.556. The fourth-order valence-electron chi connectivity index (χ4n) is 2.94. The molecule has 1 aliphatic heterocycles. The SMILES string of the molecule is CC(=O)N(C)C1CCN(C(=O)C(C)(C)Oc2ccc(Cl)cc2)CC1. The van der Waals surface area contributed by atoms with Gasteiger partial charge < -0.3 is 14.5 Å². The van der Waals surface area contributed by atoms with E-state index in [1.165, 1.54) is 0 Å². The van der Waals surface area contributed by atoms with Gasteiger partial charge in [0.2, 0.25) is 5.91 Å². The molecule has 2 rings (SSSR count). The van der Waals surface area contributed by atoms with Crippen LogP contribution in [0.3, 0.4) is 0 Å². The van der Waals surface area contributed by atoms with Gasteiger partial charge in [0, 0.05) is 38.1 Å². The third-order valence-corrected chi connectivity index (χ3v) is 4.75. The Kier molecular flexibility index (Phi) is 5.75. The van der Waals surface area contributed by atoms with Crippen molar-refractivity contribution in [3.63, 3.8) is 0 Å². The van der Waals surface area contributed by atoms with Gasteiger partial charge in [0.1, 0.15) is 5.75 Å². The molecule has 1 fully saturated rings. The van der Waals surface area contributed by atoms with E-state index in [-0.39, 0.29) is 17.9 Å². The molecule has 0 radical (unpaired) electrons. The molecule has 0 N–H and O–H groups in total. The maximum Gasteiger partial charge on any atom is 0.266 e. The molecule has 1 heterocycles. The fourth-order valence-corrected chi connectivity index (χ4v) is 3.06. The van der Waals surface area contributed by atoms with E-state index >= 15 is 0 Å². The zero-order chi connectivity index (χ0) is 17.9. The number of likely N-dealkylation sites (tertiary alicyclic amines) is 1. The number of amides is 2. The zero-order valence-corrected chi connectivity index (χ0v) is 15.5. The van der Waals surface area contributed by atoms with Gasteiger partial charge in [-0.1, -0.05) is 11.6 Å². The van der Waals surface area contributed by atoms with Crippen LogP contribution in [0.15, 0.2) is 24.3 Å². The summed E-state index contributed by atoms with van der Waals surface area (Å²) in [6, 6.07) is 7.18. The van der Waals surface area contributed by atoms with Crippen molar-refractivity contribution in [2.75, 3.05) is 20.1 Å². The lowest BCUT2D eigenvalue weighted by Gasteiger charge is -2.39. The Bertz CT molecular complexity index is 593. The number of piperidine rings is 1. The molecule has 0 aromatic heterocycles. The second kappa shape index (κ2) is 7.43. The smallest absolute Gasteiger partial charge is 0.266 e. The lowest BCUT2D eigenvalue weighted by molar-refractivity contribution is -0.147. The van der Waals surface area contributed by atoms with Gasteiger partial charge in [0.25, 0.3) is 5.91 Å². The minimum absolute atomic E-state index is 0.0404. The second-order valence-corrected chi connectivity index (χ2v) is 7.16. The van der Waals surface area contributed by atoms with E-state index in [0.29, 0.717) is 23.9 Å². The maximum absolute atomic E-state index is 12.8. The summed E-state index contributed by atoms with van der Waals surface area (Å²) >= 11 is 5.87. The minimum atomic E-state index is -0.951. The normalized spacial score (nSPS) is 16.0. The molecule has 0 bridgehead atoms. The van der Waals surface area contributed by atoms with Crippen molar-refractivity contribution < 1.29 is 14.3 Å². The predicted molar refractivity (Wildman–Crippen MR) is 94.2 cm³/mol. The molecule has 0 saturated carbocycles. The highest BCUT2D eigenvalue weighted by atomic mass is 35.5. The molecule has 1 aromatic carbocycles. The van der Waals surface area contributed by atoms with E-state index in [9.17, 15) is 9.59 Å². The molecule has 0 unspecified atom stereocenters. The largest absolute Gasteiger partial charge is 0.478 e. The number of hydrogen-bond acceptors (Lipinski definition) is 3. The number of rotatable bonds is 4. The predicted octanol–water partition coefficient (Wildman–Crippen LogP) is 2.97. The number of carbonyl (C=O) groups excluding carboxylic acids is 2. The summed E-state index contributed by atoms with van der Waals surface area (Å²) in [5, 5.41) is 0.628. The monoisotopic (exact) mass is 352 g/mol. The molecule has 1 aliphatic rings. The molecule has 132 valence electrons. The Labute approximate surface area is 148 Å². The summed E-state index contributed by atoms with van der Waals surface area (Å²) in [6.45, 7) is 6.39. The summed E-state index contributed by atoms with van der Waals surface area (Å²) in [6.07, 6.45) is 1.58. The third-order valence-electron chi connectivity index (χ3n) is 4.50. The second-order valence-electron chi connectivity index (χ2n) is 6.72. The van der Waals surface area contributed by atoms with E-state index < -0.39 is 5.60 Å². The highest BCUT2D eigenvalue weighted by Gasteiger charge is 2.36. The van der Waals surface area contributed by atoms with Gasteiger partial charge in [-0.25, -0.2) is 0 Å². The number of halogens is 1. The average Bonchev–Trinajstić information content (AvgIpc) is 2.55. The summed E-state index contributed by atoms with van der Waals surface area (Å²) in [5.74, 6) is 0.636. The summed E-state index contributed by atoms with van der Waals surface area (Å²) in [5.41, 5.74) is -0.951.